The van der Waals surface area contributed by atoms with Gasteiger partial charge in [-0.1, -0.05) is 0 Å². The molecule has 0 N–H and O–H groups in total. The van der Waals surface area contributed by atoms with E-state index in [2.05, 4.69) is 0 Å². The molecule has 418 valence electrons. The predicted molar refractivity (Wildman–Crippen MR) is 233 cm³/mol. The normalized spacial score (nSPS) is 13.2. The average molecular weight is 1130 g/mol. The number of alkyl halides is 24. The van der Waals surface area contributed by atoms with E-state index in [1.165, 1.54) is 34.1 Å². The Morgan fingerprint density at radius 1 is 0.171 bits per heavy atom. The lowest BCUT2D eigenvalue weighted by atomic mass is 10.1. The van der Waals surface area contributed by atoms with Crippen LogP contribution in [0, 0.1) is 0 Å². The van der Waals surface area contributed by atoms with Crippen LogP contribution in [0.3, 0.4) is 0 Å². The van der Waals surface area contributed by atoms with Crippen molar-refractivity contribution < 1.29 is 105 Å². The molecule has 0 amide bonds. The molecule has 0 aliphatic carbocycles. The Labute approximate surface area is 414 Å². The van der Waals surface area contributed by atoms with Gasteiger partial charge in [0.25, 0.3) is 0 Å². The first kappa shape index (κ1) is 60.1. The van der Waals surface area contributed by atoms with Crippen LogP contribution >= 0.6 is 0 Å². The summed E-state index contributed by atoms with van der Waals surface area (Å²) in [5, 5.41) is 0. The van der Waals surface area contributed by atoms with Gasteiger partial charge >= 0.3 is 49.4 Å². The van der Waals surface area contributed by atoms with Crippen LogP contribution in [0.25, 0.3) is 0 Å². The van der Waals surface area contributed by atoms with Crippen molar-refractivity contribution in [3.05, 3.63) is 121 Å². The molecular weight excluding hydrogens is 1090 g/mol. The van der Waals surface area contributed by atoms with Crippen LogP contribution in [0.4, 0.5) is 162 Å². The predicted octanol–water partition coefficient (Wildman–Crippen LogP) is 16.4. The second-order valence-corrected chi connectivity index (χ2v) is 16.6. The lowest BCUT2D eigenvalue weighted by Crippen LogP contribution is -2.40. The summed E-state index contributed by atoms with van der Waals surface area (Å²) < 4.78 is 322. The third kappa shape index (κ3) is 19.4. The third-order valence-electron chi connectivity index (χ3n) is 10.2. The van der Waals surface area contributed by atoms with E-state index in [1.807, 2.05) is 0 Å². The zero-order valence-electron chi connectivity index (χ0n) is 38.0. The van der Waals surface area contributed by atoms with E-state index in [1.54, 1.807) is 0 Å². The highest BCUT2D eigenvalue weighted by atomic mass is 19.4. The van der Waals surface area contributed by atoms with Crippen LogP contribution in [0.15, 0.2) is 121 Å². The van der Waals surface area contributed by atoms with Gasteiger partial charge in [0.1, 0.15) is 52.4 Å². The van der Waals surface area contributed by atoms with Crippen molar-refractivity contribution in [2.24, 2.45) is 0 Å². The molecule has 0 spiro atoms. The summed E-state index contributed by atoms with van der Waals surface area (Å²) in [5.41, 5.74) is -3.00. The highest BCUT2D eigenvalue weighted by Crippen LogP contribution is 2.42. The molecule has 0 aliphatic heterocycles. The van der Waals surface area contributed by atoms with E-state index in [9.17, 15) is 105 Å². The van der Waals surface area contributed by atoms with Gasteiger partial charge in [-0.15, -0.1) is 0 Å². The largest absolute Gasteiger partial charge is 0.405 e. The van der Waals surface area contributed by atoms with Gasteiger partial charge in [0, 0.05) is 56.9 Å². The Morgan fingerprint density at radius 3 is 0.355 bits per heavy atom. The molecule has 5 rings (SSSR count). The van der Waals surface area contributed by atoms with E-state index < -0.39 is 125 Å². The lowest BCUT2D eigenvalue weighted by Gasteiger charge is -2.31. The zero-order valence-corrected chi connectivity index (χ0v) is 38.0. The summed E-state index contributed by atoms with van der Waals surface area (Å²) in [6, 6.07) is 19.6. The summed E-state index contributed by atoms with van der Waals surface area (Å²) in [6.45, 7) is -16.6. The average Bonchev–Trinajstić information content (AvgIpc) is 3.23. The Bertz CT molecular complexity index is 2190. The molecule has 0 heterocycles. The van der Waals surface area contributed by atoms with Gasteiger partial charge in [-0.25, -0.2) is 0 Å². The molecule has 0 atom stereocenters. The highest BCUT2D eigenvalue weighted by Gasteiger charge is 2.41. The molecule has 5 aromatic carbocycles. The fourth-order valence-electron chi connectivity index (χ4n) is 7.58. The van der Waals surface area contributed by atoms with E-state index in [0.717, 1.165) is 97.1 Å². The lowest BCUT2D eigenvalue weighted by molar-refractivity contribution is -0.138. The number of nitrogens with zero attached hydrogens (tertiary/aromatic N) is 6. The molecule has 0 radical (unpaired) electrons. The molecule has 30 heteroatoms. The van der Waals surface area contributed by atoms with E-state index >= 15 is 0 Å². The van der Waals surface area contributed by atoms with Gasteiger partial charge in [-0.3, -0.25) is 0 Å². The standard InChI is InChI=1S/C46H36F24N6/c47-39(48,49)21-71(22-40(50,51)52)29-1-9-33(10-2-29)75(34-11-3-30(4-12-34)72(23-41(53,54)55)24-42(56,57)58)37-17-19-38(20-18-37)76(35-13-5-31(6-14-35)73(25-43(59,60)61)26-44(62,63)64)36-15-7-32(8-16-36)74(27-45(65,66)67)28-46(68,69)70/h1-20H,21-28H2. The summed E-state index contributed by atoms with van der Waals surface area (Å²) in [6.07, 6.45) is -41.2. The minimum atomic E-state index is -5.15. The van der Waals surface area contributed by atoms with Crippen LogP contribution in [0.5, 0.6) is 0 Å². The van der Waals surface area contributed by atoms with Gasteiger partial charge in [-0.05, 0) is 121 Å². The number of benzene rings is 5. The Morgan fingerprint density at radius 2 is 0.263 bits per heavy atom. The third-order valence-corrected chi connectivity index (χ3v) is 10.2. The molecule has 0 bridgehead atoms. The molecule has 6 nitrogen and oxygen atoms in total. The fraction of sp³-hybridized carbons (Fsp3) is 0.348. The zero-order chi connectivity index (χ0) is 57.0. The highest BCUT2D eigenvalue weighted by molar-refractivity contribution is 5.83. The molecule has 0 aliphatic rings. The molecule has 0 fully saturated rings. The van der Waals surface area contributed by atoms with E-state index in [4.69, 9.17) is 0 Å². The quantitative estimate of drug-likeness (QED) is 0.0809. The fourth-order valence-corrected chi connectivity index (χ4v) is 7.58. The van der Waals surface area contributed by atoms with Gasteiger partial charge in [0.05, 0.1) is 0 Å². The van der Waals surface area contributed by atoms with Gasteiger partial charge in [0.15, 0.2) is 0 Å². The monoisotopic (exact) mass is 1130 g/mol. The summed E-state index contributed by atoms with van der Waals surface area (Å²) in [7, 11) is 0. The maximum Gasteiger partial charge on any atom is 0.405 e. The minimum absolute atomic E-state index is 0.0374. The van der Waals surface area contributed by atoms with E-state index in [0.29, 0.717) is 0 Å². The van der Waals surface area contributed by atoms with Crippen molar-refractivity contribution >= 4 is 56.9 Å². The van der Waals surface area contributed by atoms with Gasteiger partial charge < -0.3 is 29.4 Å². The molecule has 0 aromatic heterocycles. The van der Waals surface area contributed by atoms with Crippen molar-refractivity contribution in [1.82, 2.24) is 0 Å². The maximum atomic E-state index is 13.4. The molecule has 76 heavy (non-hydrogen) atoms. The summed E-state index contributed by atoms with van der Waals surface area (Å²) >= 11 is 0. The SMILES string of the molecule is FC(F)(F)CN(CC(F)(F)F)c1ccc(N(c2ccc(N(CC(F)(F)F)CC(F)(F)F)cc2)c2ccc(N(c3ccc(N(CC(F)(F)F)CC(F)(F)F)cc3)c3ccc(N(CC(F)(F)F)CC(F)(F)F)cc3)cc2)cc1. The number of hydrogen-bond donors (Lipinski definition) is 0. The summed E-state index contributed by atoms with van der Waals surface area (Å²) in [4.78, 5) is 2.11. The van der Waals surface area contributed by atoms with Gasteiger partial charge in [0.2, 0.25) is 0 Å². The smallest absolute Gasteiger partial charge is 0.353 e. The van der Waals surface area contributed by atoms with Crippen LogP contribution < -0.4 is 29.4 Å². The van der Waals surface area contributed by atoms with Crippen molar-refractivity contribution in [3.63, 3.8) is 0 Å². The molecule has 0 unspecified atom stereocenters. The topological polar surface area (TPSA) is 19.4 Å². The van der Waals surface area contributed by atoms with Gasteiger partial charge in [-0.2, -0.15) is 105 Å². The minimum Gasteiger partial charge on any atom is -0.353 e. The Kier molecular flexibility index (Phi) is 17.7. The van der Waals surface area contributed by atoms with Crippen LogP contribution in [-0.2, 0) is 0 Å². The number of halogens is 24. The molecule has 0 saturated heterocycles. The second kappa shape index (κ2) is 22.4. The first-order valence-corrected chi connectivity index (χ1v) is 21.2. The van der Waals surface area contributed by atoms with Crippen molar-refractivity contribution in [1.29, 1.82) is 0 Å². The first-order valence-electron chi connectivity index (χ1n) is 21.2. The van der Waals surface area contributed by atoms with Crippen LogP contribution in [0.2, 0.25) is 0 Å². The Balaban J connectivity index is 1.67. The van der Waals surface area contributed by atoms with Crippen LogP contribution in [0.1, 0.15) is 0 Å². The van der Waals surface area contributed by atoms with Crippen molar-refractivity contribution in [2.75, 3.05) is 81.8 Å². The van der Waals surface area contributed by atoms with Crippen LogP contribution in [-0.4, -0.2) is 102 Å². The Hall–Kier alpha value is -6.78. The second-order valence-electron chi connectivity index (χ2n) is 16.6. The number of anilines is 10. The maximum absolute atomic E-state index is 13.4. The van der Waals surface area contributed by atoms with E-state index in [-0.39, 0.29) is 53.7 Å². The summed E-state index contributed by atoms with van der Waals surface area (Å²) in [5.74, 6) is 0. The number of rotatable bonds is 18. The molecular formula is C46H36F24N6. The molecule has 5 aromatic rings. The van der Waals surface area contributed by atoms with Crippen molar-refractivity contribution in [3.8, 4) is 0 Å². The molecule has 0 saturated carbocycles. The van der Waals surface area contributed by atoms with Crippen molar-refractivity contribution in [2.45, 2.75) is 49.4 Å². The number of hydrogen-bond acceptors (Lipinski definition) is 6. The first-order chi connectivity index (χ1) is 34.6.